The predicted octanol–water partition coefficient (Wildman–Crippen LogP) is 2.17. The predicted molar refractivity (Wildman–Crippen MR) is 53.0 cm³/mol. The summed E-state index contributed by atoms with van der Waals surface area (Å²) in [6.07, 6.45) is 1.11. The Balaban J connectivity index is 2.23. The van der Waals surface area contributed by atoms with Crippen molar-refractivity contribution in [2.45, 2.75) is 6.42 Å². The Morgan fingerprint density at radius 3 is 3.08 bits per heavy atom. The van der Waals surface area contributed by atoms with Gasteiger partial charge in [0.05, 0.1) is 6.61 Å². The van der Waals surface area contributed by atoms with Gasteiger partial charge in [0.15, 0.2) is 0 Å². The number of thiol groups is 1. The maximum absolute atomic E-state index is 5.58. The Morgan fingerprint density at radius 1 is 1.42 bits per heavy atom. The van der Waals surface area contributed by atoms with Crippen molar-refractivity contribution in [2.75, 3.05) is 12.4 Å². The number of hydrogen-bond donors (Lipinski definition) is 1. The summed E-state index contributed by atoms with van der Waals surface area (Å²) in [5.41, 5.74) is 1.32. The van der Waals surface area contributed by atoms with Crippen LogP contribution in [0.3, 0.4) is 0 Å². The number of fused-ring (bicyclic) bond motifs is 1. The van der Waals surface area contributed by atoms with Gasteiger partial charge in [-0.3, -0.25) is 0 Å². The maximum atomic E-state index is 5.58. The van der Waals surface area contributed by atoms with Crippen molar-refractivity contribution in [3.8, 4) is 5.75 Å². The summed E-state index contributed by atoms with van der Waals surface area (Å²) in [5.74, 6) is 2.55. The van der Waals surface area contributed by atoms with Crippen molar-refractivity contribution in [3.63, 3.8) is 0 Å². The van der Waals surface area contributed by atoms with Gasteiger partial charge in [0.25, 0.3) is 0 Å². The van der Waals surface area contributed by atoms with Crippen molar-refractivity contribution >= 4 is 12.6 Å². The molecular formula is C10H12OS. The van der Waals surface area contributed by atoms with Gasteiger partial charge in [0, 0.05) is 5.92 Å². The molecule has 12 heavy (non-hydrogen) atoms. The first-order valence-corrected chi connectivity index (χ1v) is 4.85. The van der Waals surface area contributed by atoms with Crippen molar-refractivity contribution < 1.29 is 4.74 Å². The molecule has 1 unspecified atom stereocenters. The third kappa shape index (κ3) is 1.44. The normalized spacial score (nSPS) is 21.2. The van der Waals surface area contributed by atoms with Gasteiger partial charge in [0.2, 0.25) is 0 Å². The molecule has 1 atom stereocenters. The Morgan fingerprint density at radius 2 is 2.25 bits per heavy atom. The highest BCUT2D eigenvalue weighted by Crippen LogP contribution is 2.26. The van der Waals surface area contributed by atoms with Gasteiger partial charge in [-0.25, -0.2) is 0 Å². The van der Waals surface area contributed by atoms with E-state index in [9.17, 15) is 0 Å². The second kappa shape index (κ2) is 3.40. The lowest BCUT2D eigenvalue weighted by Crippen LogP contribution is -2.21. The van der Waals surface area contributed by atoms with Crippen LogP contribution in [-0.4, -0.2) is 12.4 Å². The second-order valence-corrected chi connectivity index (χ2v) is 3.54. The van der Waals surface area contributed by atoms with E-state index in [1.165, 1.54) is 5.56 Å². The third-order valence-electron chi connectivity index (χ3n) is 2.21. The summed E-state index contributed by atoms with van der Waals surface area (Å²) < 4.78 is 5.58. The summed E-state index contributed by atoms with van der Waals surface area (Å²) in [6, 6.07) is 8.23. The topological polar surface area (TPSA) is 9.23 Å². The second-order valence-electron chi connectivity index (χ2n) is 3.17. The Kier molecular flexibility index (Phi) is 2.26. The molecule has 1 aromatic rings. The summed E-state index contributed by atoms with van der Waals surface area (Å²) >= 11 is 4.28. The molecule has 0 spiro atoms. The van der Waals surface area contributed by atoms with E-state index in [0.29, 0.717) is 5.92 Å². The SMILES string of the molecule is SCC1COc2ccccc2C1. The van der Waals surface area contributed by atoms with Crippen LogP contribution < -0.4 is 4.74 Å². The number of rotatable bonds is 1. The van der Waals surface area contributed by atoms with E-state index in [-0.39, 0.29) is 0 Å². The molecule has 0 fully saturated rings. The molecule has 1 aliphatic rings. The number of ether oxygens (including phenoxy) is 1. The van der Waals surface area contributed by atoms with Gasteiger partial charge < -0.3 is 4.74 Å². The van der Waals surface area contributed by atoms with Crippen LogP contribution in [0.15, 0.2) is 24.3 Å². The molecule has 2 heteroatoms. The van der Waals surface area contributed by atoms with Crippen molar-refractivity contribution in [2.24, 2.45) is 5.92 Å². The third-order valence-corrected chi connectivity index (χ3v) is 2.73. The zero-order valence-corrected chi connectivity index (χ0v) is 7.76. The largest absolute Gasteiger partial charge is 0.493 e. The van der Waals surface area contributed by atoms with Crippen LogP contribution in [0.2, 0.25) is 0 Å². The molecular weight excluding hydrogens is 168 g/mol. The molecule has 0 bridgehead atoms. The van der Waals surface area contributed by atoms with Crippen LogP contribution in [0.4, 0.5) is 0 Å². The molecule has 1 aliphatic heterocycles. The van der Waals surface area contributed by atoms with E-state index in [2.05, 4.69) is 24.8 Å². The Bertz CT molecular complexity index is 272. The fraction of sp³-hybridized carbons (Fsp3) is 0.400. The first kappa shape index (κ1) is 7.99. The highest BCUT2D eigenvalue weighted by Gasteiger charge is 2.17. The van der Waals surface area contributed by atoms with Crippen LogP contribution in [0.5, 0.6) is 5.75 Å². The molecule has 0 amide bonds. The fourth-order valence-corrected chi connectivity index (χ4v) is 1.74. The Labute approximate surface area is 78.2 Å². The van der Waals surface area contributed by atoms with Gasteiger partial charge in [-0.05, 0) is 23.8 Å². The van der Waals surface area contributed by atoms with E-state index >= 15 is 0 Å². The minimum Gasteiger partial charge on any atom is -0.493 e. The molecule has 0 saturated heterocycles. The zero-order valence-electron chi connectivity index (χ0n) is 6.86. The molecule has 1 heterocycles. The van der Waals surface area contributed by atoms with Crippen molar-refractivity contribution in [3.05, 3.63) is 29.8 Å². The number of hydrogen-bond acceptors (Lipinski definition) is 2. The summed E-state index contributed by atoms with van der Waals surface area (Å²) in [5, 5.41) is 0. The van der Waals surface area contributed by atoms with E-state index < -0.39 is 0 Å². The first-order valence-electron chi connectivity index (χ1n) is 4.21. The lowest BCUT2D eigenvalue weighted by molar-refractivity contribution is 0.237. The summed E-state index contributed by atoms with van der Waals surface area (Å²) in [4.78, 5) is 0. The van der Waals surface area contributed by atoms with Crippen LogP contribution in [0.1, 0.15) is 5.56 Å². The van der Waals surface area contributed by atoms with Gasteiger partial charge in [-0.15, -0.1) is 0 Å². The molecule has 0 saturated carbocycles. The van der Waals surface area contributed by atoms with Crippen molar-refractivity contribution in [1.29, 1.82) is 0 Å². The molecule has 2 rings (SSSR count). The zero-order chi connectivity index (χ0) is 8.39. The standard InChI is InChI=1S/C10H12OS/c12-7-8-5-9-3-1-2-4-10(9)11-6-8/h1-4,8,12H,5-7H2. The smallest absolute Gasteiger partial charge is 0.122 e. The molecule has 0 aliphatic carbocycles. The van der Waals surface area contributed by atoms with Gasteiger partial charge >= 0.3 is 0 Å². The van der Waals surface area contributed by atoms with E-state index in [1.807, 2.05) is 12.1 Å². The molecule has 0 aromatic heterocycles. The molecule has 64 valence electrons. The van der Waals surface area contributed by atoms with Gasteiger partial charge in [-0.2, -0.15) is 12.6 Å². The van der Waals surface area contributed by atoms with Crippen LogP contribution in [0.25, 0.3) is 0 Å². The quantitative estimate of drug-likeness (QED) is 0.652. The van der Waals surface area contributed by atoms with Crippen molar-refractivity contribution in [1.82, 2.24) is 0 Å². The minimum absolute atomic E-state index is 0.586. The number of para-hydroxylation sites is 1. The highest BCUT2D eigenvalue weighted by atomic mass is 32.1. The maximum Gasteiger partial charge on any atom is 0.122 e. The van der Waals surface area contributed by atoms with Crippen LogP contribution in [-0.2, 0) is 6.42 Å². The number of benzene rings is 1. The summed E-state index contributed by atoms with van der Waals surface area (Å²) in [7, 11) is 0. The average Bonchev–Trinajstić information content (AvgIpc) is 2.17. The van der Waals surface area contributed by atoms with E-state index in [1.54, 1.807) is 0 Å². The Hall–Kier alpha value is -0.630. The van der Waals surface area contributed by atoms with Gasteiger partial charge in [-0.1, -0.05) is 18.2 Å². The molecule has 0 N–H and O–H groups in total. The molecule has 1 aromatic carbocycles. The van der Waals surface area contributed by atoms with E-state index in [0.717, 1.165) is 24.5 Å². The van der Waals surface area contributed by atoms with Crippen LogP contribution >= 0.6 is 12.6 Å². The lowest BCUT2D eigenvalue weighted by Gasteiger charge is -2.23. The minimum atomic E-state index is 0.586. The highest BCUT2D eigenvalue weighted by molar-refractivity contribution is 7.80. The average molecular weight is 180 g/mol. The lowest BCUT2D eigenvalue weighted by atomic mass is 9.98. The first-order chi connectivity index (χ1) is 5.90. The monoisotopic (exact) mass is 180 g/mol. The molecule has 0 radical (unpaired) electrons. The fourth-order valence-electron chi connectivity index (χ4n) is 1.51. The molecule has 1 nitrogen and oxygen atoms in total. The van der Waals surface area contributed by atoms with Gasteiger partial charge in [0.1, 0.15) is 5.75 Å². The van der Waals surface area contributed by atoms with E-state index in [4.69, 9.17) is 4.74 Å². The summed E-state index contributed by atoms with van der Waals surface area (Å²) in [6.45, 7) is 0.820. The van der Waals surface area contributed by atoms with Crippen LogP contribution in [0, 0.1) is 5.92 Å².